The zero-order valence-corrected chi connectivity index (χ0v) is 11.0. The van der Waals surface area contributed by atoms with Crippen LogP contribution in [0.15, 0.2) is 35.8 Å². The molecule has 1 aromatic carbocycles. The van der Waals surface area contributed by atoms with E-state index in [9.17, 15) is 4.39 Å². The van der Waals surface area contributed by atoms with Gasteiger partial charge in [-0.1, -0.05) is 0 Å². The van der Waals surface area contributed by atoms with Crippen LogP contribution in [-0.2, 0) is 0 Å². The van der Waals surface area contributed by atoms with Gasteiger partial charge in [-0.05, 0) is 35.0 Å². The van der Waals surface area contributed by atoms with E-state index >= 15 is 0 Å². The van der Waals surface area contributed by atoms with E-state index in [1.807, 2.05) is 29.6 Å². The van der Waals surface area contributed by atoms with E-state index in [1.165, 1.54) is 4.70 Å². The second-order valence-electron chi connectivity index (χ2n) is 3.94. The minimum atomic E-state index is -0.482. The molecule has 2 aromatic heterocycles. The Balaban J connectivity index is 1.95. The topological polar surface area (TPSA) is 49.8 Å². The largest absolute Gasteiger partial charge is 0.357 e. The number of aromatic nitrogens is 2. The van der Waals surface area contributed by atoms with Crippen LogP contribution in [0.5, 0.6) is 0 Å². The molecule has 0 radical (unpaired) electrons. The third-order valence-corrected chi connectivity index (χ3v) is 3.58. The Morgan fingerprint density at radius 1 is 1.26 bits per heavy atom. The van der Waals surface area contributed by atoms with Gasteiger partial charge in [0.1, 0.15) is 0 Å². The van der Waals surface area contributed by atoms with Gasteiger partial charge in [-0.3, -0.25) is 0 Å². The van der Waals surface area contributed by atoms with Crippen LogP contribution in [0.3, 0.4) is 0 Å². The van der Waals surface area contributed by atoms with Crippen molar-refractivity contribution >= 4 is 38.9 Å². The second-order valence-corrected chi connectivity index (χ2v) is 4.89. The number of benzene rings is 1. The summed E-state index contributed by atoms with van der Waals surface area (Å²) in [5.74, 6) is 0.0545. The minimum Gasteiger partial charge on any atom is -0.357 e. The summed E-state index contributed by atoms with van der Waals surface area (Å²) in [7, 11) is 1.69. The molecule has 0 aliphatic rings. The van der Waals surface area contributed by atoms with Crippen LogP contribution in [0.25, 0.3) is 10.1 Å². The Labute approximate surface area is 113 Å². The van der Waals surface area contributed by atoms with Crippen molar-refractivity contribution in [3.8, 4) is 0 Å². The van der Waals surface area contributed by atoms with Gasteiger partial charge in [0.25, 0.3) is 0 Å². The number of nitrogens with zero attached hydrogens (tertiary/aromatic N) is 2. The van der Waals surface area contributed by atoms with Crippen LogP contribution in [0, 0.1) is 5.82 Å². The first-order chi connectivity index (χ1) is 9.26. The van der Waals surface area contributed by atoms with Crippen molar-refractivity contribution in [2.45, 2.75) is 0 Å². The third kappa shape index (κ3) is 2.34. The first-order valence-corrected chi connectivity index (χ1v) is 6.59. The molecule has 0 bridgehead atoms. The highest BCUT2D eigenvalue weighted by Gasteiger charge is 2.07. The van der Waals surface area contributed by atoms with Gasteiger partial charge in [0.05, 0.1) is 6.20 Å². The third-order valence-electron chi connectivity index (χ3n) is 2.68. The van der Waals surface area contributed by atoms with E-state index in [2.05, 4.69) is 20.6 Å². The van der Waals surface area contributed by atoms with Gasteiger partial charge >= 0.3 is 0 Å². The summed E-state index contributed by atoms with van der Waals surface area (Å²) in [4.78, 5) is 7.85. The zero-order chi connectivity index (χ0) is 13.2. The SMILES string of the molecule is CNc1ncc(F)c(Nc2ccc3sccc3c2)n1. The molecular weight excluding hydrogens is 263 g/mol. The number of nitrogens with one attached hydrogen (secondary N) is 2. The summed E-state index contributed by atoms with van der Waals surface area (Å²) >= 11 is 1.67. The quantitative estimate of drug-likeness (QED) is 0.766. The van der Waals surface area contributed by atoms with Gasteiger partial charge in [0.15, 0.2) is 11.6 Å². The highest BCUT2D eigenvalue weighted by Crippen LogP contribution is 2.26. The van der Waals surface area contributed by atoms with Gasteiger partial charge in [0.2, 0.25) is 5.95 Å². The van der Waals surface area contributed by atoms with Crippen LogP contribution >= 0.6 is 11.3 Å². The number of anilines is 3. The molecular formula is C13H11FN4S. The summed E-state index contributed by atoms with van der Waals surface area (Å²) in [6.07, 6.45) is 1.14. The summed E-state index contributed by atoms with van der Waals surface area (Å²) in [5, 5.41) is 8.90. The van der Waals surface area contributed by atoms with Gasteiger partial charge in [-0.25, -0.2) is 9.37 Å². The Morgan fingerprint density at radius 2 is 2.16 bits per heavy atom. The molecule has 0 aliphatic carbocycles. The zero-order valence-electron chi connectivity index (χ0n) is 10.1. The normalized spacial score (nSPS) is 10.6. The Bertz CT molecular complexity index is 725. The number of halogens is 1. The summed E-state index contributed by atoms with van der Waals surface area (Å²) in [6, 6.07) is 7.90. The number of hydrogen-bond donors (Lipinski definition) is 2. The molecule has 0 spiro atoms. The first-order valence-electron chi connectivity index (χ1n) is 5.71. The fraction of sp³-hybridized carbons (Fsp3) is 0.0769. The van der Waals surface area contributed by atoms with Crippen LogP contribution in [-0.4, -0.2) is 17.0 Å². The molecule has 2 heterocycles. The van der Waals surface area contributed by atoms with Gasteiger partial charge in [-0.15, -0.1) is 11.3 Å². The molecule has 96 valence electrons. The molecule has 0 unspecified atom stereocenters. The van der Waals surface area contributed by atoms with Crippen molar-refractivity contribution in [2.24, 2.45) is 0 Å². The van der Waals surface area contributed by atoms with E-state index in [0.717, 1.165) is 17.3 Å². The van der Waals surface area contributed by atoms with E-state index in [0.29, 0.717) is 5.95 Å². The fourth-order valence-electron chi connectivity index (χ4n) is 1.76. The highest BCUT2D eigenvalue weighted by atomic mass is 32.1. The maximum absolute atomic E-state index is 13.6. The lowest BCUT2D eigenvalue weighted by molar-refractivity contribution is 0.619. The van der Waals surface area contributed by atoms with E-state index < -0.39 is 5.82 Å². The number of hydrogen-bond acceptors (Lipinski definition) is 5. The minimum absolute atomic E-state index is 0.161. The molecule has 0 saturated carbocycles. The lowest BCUT2D eigenvalue weighted by Gasteiger charge is -2.08. The molecule has 6 heteroatoms. The molecule has 19 heavy (non-hydrogen) atoms. The second kappa shape index (κ2) is 4.81. The first kappa shape index (κ1) is 11.9. The number of rotatable bonds is 3. The predicted octanol–water partition coefficient (Wildman–Crippen LogP) is 3.62. The standard InChI is InChI=1S/C13H11FN4S/c1-15-13-16-7-10(14)12(18-13)17-9-2-3-11-8(6-9)4-5-19-11/h2-7H,1H3,(H2,15,16,17,18). The highest BCUT2D eigenvalue weighted by molar-refractivity contribution is 7.17. The van der Waals surface area contributed by atoms with Crippen molar-refractivity contribution < 1.29 is 4.39 Å². The lowest BCUT2D eigenvalue weighted by atomic mass is 10.2. The van der Waals surface area contributed by atoms with Crippen molar-refractivity contribution in [3.05, 3.63) is 41.7 Å². The molecule has 3 aromatic rings. The molecule has 0 fully saturated rings. The van der Waals surface area contributed by atoms with Gasteiger partial charge < -0.3 is 10.6 Å². The molecule has 4 nitrogen and oxygen atoms in total. The van der Waals surface area contributed by atoms with Crippen LogP contribution in [0.4, 0.5) is 21.8 Å². The smallest absolute Gasteiger partial charge is 0.224 e. The van der Waals surface area contributed by atoms with E-state index in [1.54, 1.807) is 18.4 Å². The molecule has 0 saturated heterocycles. The van der Waals surface area contributed by atoms with Crippen LogP contribution in [0.1, 0.15) is 0 Å². The van der Waals surface area contributed by atoms with Crippen molar-refractivity contribution in [1.29, 1.82) is 0 Å². The van der Waals surface area contributed by atoms with E-state index in [-0.39, 0.29) is 5.82 Å². The Kier molecular flexibility index (Phi) is 3.00. The lowest BCUT2D eigenvalue weighted by Crippen LogP contribution is -2.02. The maximum Gasteiger partial charge on any atom is 0.224 e. The molecule has 0 atom stereocenters. The van der Waals surface area contributed by atoms with Crippen molar-refractivity contribution in [2.75, 3.05) is 17.7 Å². The molecule has 2 N–H and O–H groups in total. The fourth-order valence-corrected chi connectivity index (χ4v) is 2.53. The summed E-state index contributed by atoms with van der Waals surface area (Å²) < 4.78 is 14.8. The maximum atomic E-state index is 13.6. The molecule has 3 rings (SSSR count). The predicted molar refractivity (Wildman–Crippen MR) is 76.6 cm³/mol. The van der Waals surface area contributed by atoms with E-state index in [4.69, 9.17) is 0 Å². The summed E-state index contributed by atoms with van der Waals surface area (Å²) in [5.41, 5.74) is 0.797. The van der Waals surface area contributed by atoms with Gasteiger partial charge in [-0.2, -0.15) is 4.98 Å². The van der Waals surface area contributed by atoms with Gasteiger partial charge in [0, 0.05) is 17.4 Å². The Hall–Kier alpha value is -2.21. The average Bonchev–Trinajstić information content (AvgIpc) is 2.89. The van der Waals surface area contributed by atoms with Crippen molar-refractivity contribution in [3.63, 3.8) is 0 Å². The van der Waals surface area contributed by atoms with Crippen LogP contribution < -0.4 is 10.6 Å². The number of fused-ring (bicyclic) bond motifs is 1. The van der Waals surface area contributed by atoms with Crippen LogP contribution in [0.2, 0.25) is 0 Å². The number of thiophene rings is 1. The average molecular weight is 274 g/mol. The molecule has 0 aliphatic heterocycles. The Morgan fingerprint density at radius 3 is 3.00 bits per heavy atom. The monoisotopic (exact) mass is 274 g/mol. The summed E-state index contributed by atoms with van der Waals surface area (Å²) in [6.45, 7) is 0. The van der Waals surface area contributed by atoms with Crippen molar-refractivity contribution in [1.82, 2.24) is 9.97 Å². The molecule has 0 amide bonds.